The van der Waals surface area contributed by atoms with E-state index < -0.39 is 0 Å². The molecule has 0 fully saturated rings. The lowest BCUT2D eigenvalue weighted by atomic mass is 10.1. The van der Waals surface area contributed by atoms with Crippen LogP contribution in [-0.2, 0) is 9.59 Å². The van der Waals surface area contributed by atoms with Crippen molar-refractivity contribution in [2.45, 2.75) is 40.5 Å². The standard InChI is InChI=1S/C6H13NO2.C5H11NO/c1-3-5(2)6(9)7-4-8;1-3-4(2)5(6)7/h5,8H,3-4H2,1-2H3,(H,7,9);4H,3H2,1-2H3,(H2,6,7). The first-order valence-corrected chi connectivity index (χ1v) is 5.58. The van der Waals surface area contributed by atoms with Crippen molar-refractivity contribution in [3.8, 4) is 0 Å². The first kappa shape index (κ1) is 17.3. The van der Waals surface area contributed by atoms with Crippen molar-refractivity contribution in [3.05, 3.63) is 0 Å². The number of rotatable bonds is 5. The molecule has 96 valence electrons. The Morgan fingerprint density at radius 1 is 1.19 bits per heavy atom. The zero-order valence-corrected chi connectivity index (χ0v) is 10.6. The molecule has 0 bridgehead atoms. The Bertz CT molecular complexity index is 207. The maximum Gasteiger partial charge on any atom is 0.224 e. The average molecular weight is 232 g/mol. The molecule has 0 rings (SSSR count). The van der Waals surface area contributed by atoms with Crippen LogP contribution in [0.25, 0.3) is 0 Å². The quantitative estimate of drug-likeness (QED) is 0.606. The van der Waals surface area contributed by atoms with Crippen molar-refractivity contribution in [1.82, 2.24) is 5.32 Å². The van der Waals surface area contributed by atoms with E-state index in [4.69, 9.17) is 10.8 Å². The molecule has 5 heteroatoms. The third-order valence-electron chi connectivity index (χ3n) is 2.41. The van der Waals surface area contributed by atoms with Gasteiger partial charge in [-0.2, -0.15) is 0 Å². The maximum absolute atomic E-state index is 10.7. The van der Waals surface area contributed by atoms with Gasteiger partial charge in [0.05, 0.1) is 0 Å². The fourth-order valence-electron chi connectivity index (χ4n) is 0.639. The average Bonchev–Trinajstić information content (AvgIpc) is 2.27. The Morgan fingerprint density at radius 2 is 1.62 bits per heavy atom. The van der Waals surface area contributed by atoms with E-state index in [0.717, 1.165) is 12.8 Å². The van der Waals surface area contributed by atoms with Crippen molar-refractivity contribution >= 4 is 11.8 Å². The molecular weight excluding hydrogens is 208 g/mol. The summed E-state index contributed by atoms with van der Waals surface area (Å²) in [7, 11) is 0. The molecule has 2 unspecified atom stereocenters. The minimum absolute atomic E-state index is 0.0112. The summed E-state index contributed by atoms with van der Waals surface area (Å²) in [5, 5.41) is 10.6. The van der Waals surface area contributed by atoms with E-state index in [0.29, 0.717) is 0 Å². The smallest absolute Gasteiger partial charge is 0.224 e. The molecule has 0 saturated heterocycles. The molecule has 2 amide bonds. The topological polar surface area (TPSA) is 92.4 Å². The van der Waals surface area contributed by atoms with E-state index in [1.807, 2.05) is 27.7 Å². The molecule has 0 spiro atoms. The van der Waals surface area contributed by atoms with Gasteiger partial charge in [-0.05, 0) is 12.8 Å². The molecule has 0 aliphatic heterocycles. The maximum atomic E-state index is 10.7. The molecule has 0 heterocycles. The lowest BCUT2D eigenvalue weighted by Crippen LogP contribution is -2.29. The number of primary amides is 1. The molecule has 2 atom stereocenters. The first-order chi connectivity index (χ1) is 7.40. The molecule has 0 aromatic carbocycles. The van der Waals surface area contributed by atoms with Crippen LogP contribution in [0.4, 0.5) is 0 Å². The fraction of sp³-hybridized carbons (Fsp3) is 0.818. The Labute approximate surface area is 97.4 Å². The van der Waals surface area contributed by atoms with Crippen LogP contribution in [0.2, 0.25) is 0 Å². The third-order valence-corrected chi connectivity index (χ3v) is 2.41. The monoisotopic (exact) mass is 232 g/mol. The van der Waals surface area contributed by atoms with E-state index in [9.17, 15) is 9.59 Å². The molecule has 4 N–H and O–H groups in total. The number of nitrogens with one attached hydrogen (secondary N) is 1. The highest BCUT2D eigenvalue weighted by atomic mass is 16.3. The van der Waals surface area contributed by atoms with Crippen LogP contribution in [0.5, 0.6) is 0 Å². The van der Waals surface area contributed by atoms with Gasteiger partial charge in [-0.3, -0.25) is 9.59 Å². The third kappa shape index (κ3) is 9.45. The van der Waals surface area contributed by atoms with E-state index in [1.165, 1.54) is 0 Å². The summed E-state index contributed by atoms with van der Waals surface area (Å²) in [4.78, 5) is 20.9. The van der Waals surface area contributed by atoms with E-state index >= 15 is 0 Å². The van der Waals surface area contributed by atoms with Crippen LogP contribution < -0.4 is 11.1 Å². The summed E-state index contributed by atoms with van der Waals surface area (Å²) in [5.41, 5.74) is 4.91. The van der Waals surface area contributed by atoms with Gasteiger partial charge in [0.2, 0.25) is 11.8 Å². The van der Waals surface area contributed by atoms with Gasteiger partial charge >= 0.3 is 0 Å². The molecule has 16 heavy (non-hydrogen) atoms. The molecule has 0 radical (unpaired) electrons. The van der Waals surface area contributed by atoms with Crippen LogP contribution in [0.3, 0.4) is 0 Å². The van der Waals surface area contributed by atoms with Crippen molar-refractivity contribution in [3.63, 3.8) is 0 Å². The second-order valence-corrected chi connectivity index (χ2v) is 3.72. The Kier molecular flexibility index (Phi) is 11.3. The van der Waals surface area contributed by atoms with Crippen molar-refractivity contribution in [2.24, 2.45) is 17.6 Å². The summed E-state index contributed by atoms with van der Waals surface area (Å²) in [6.45, 7) is 7.26. The zero-order chi connectivity index (χ0) is 13.1. The highest BCUT2D eigenvalue weighted by Crippen LogP contribution is 1.98. The number of hydrogen-bond acceptors (Lipinski definition) is 3. The highest BCUT2D eigenvalue weighted by Gasteiger charge is 2.07. The van der Waals surface area contributed by atoms with E-state index in [1.54, 1.807) is 0 Å². The molecule has 5 nitrogen and oxygen atoms in total. The number of amides is 2. The molecule has 0 aromatic rings. The predicted molar refractivity (Wildman–Crippen MR) is 63.3 cm³/mol. The van der Waals surface area contributed by atoms with Crippen molar-refractivity contribution < 1.29 is 14.7 Å². The van der Waals surface area contributed by atoms with Crippen molar-refractivity contribution in [2.75, 3.05) is 6.73 Å². The van der Waals surface area contributed by atoms with Gasteiger partial charge in [0.25, 0.3) is 0 Å². The Hall–Kier alpha value is -1.10. The van der Waals surface area contributed by atoms with Crippen LogP contribution in [0, 0.1) is 11.8 Å². The summed E-state index contributed by atoms with van der Waals surface area (Å²) < 4.78 is 0. The Morgan fingerprint density at radius 3 is 1.81 bits per heavy atom. The van der Waals surface area contributed by atoms with Crippen LogP contribution in [0.15, 0.2) is 0 Å². The van der Waals surface area contributed by atoms with E-state index in [-0.39, 0.29) is 30.4 Å². The molecule has 0 aliphatic rings. The molecule has 0 aromatic heterocycles. The number of aliphatic hydroxyl groups excluding tert-OH is 1. The minimum atomic E-state index is -0.261. The predicted octanol–water partition coefficient (Wildman–Crippen LogP) is 0.616. The summed E-state index contributed by atoms with van der Waals surface area (Å²) in [6.07, 6.45) is 1.65. The second kappa shape index (κ2) is 10.4. The highest BCUT2D eigenvalue weighted by molar-refractivity contribution is 5.77. The largest absolute Gasteiger partial charge is 0.377 e. The van der Waals surface area contributed by atoms with Gasteiger partial charge in [0, 0.05) is 11.8 Å². The number of carbonyl (C=O) groups excluding carboxylic acids is 2. The van der Waals surface area contributed by atoms with Crippen LogP contribution in [0.1, 0.15) is 40.5 Å². The van der Waals surface area contributed by atoms with Gasteiger partial charge in [-0.25, -0.2) is 0 Å². The number of hydrogen-bond donors (Lipinski definition) is 3. The Balaban J connectivity index is 0. The fourth-order valence-corrected chi connectivity index (χ4v) is 0.639. The van der Waals surface area contributed by atoms with Gasteiger partial charge in [0.15, 0.2) is 0 Å². The normalized spacial score (nSPS) is 13.1. The molecule has 0 aliphatic carbocycles. The van der Waals surface area contributed by atoms with Crippen LogP contribution >= 0.6 is 0 Å². The molecular formula is C11H24N2O3. The molecule has 0 saturated carbocycles. The zero-order valence-electron chi connectivity index (χ0n) is 10.6. The lowest BCUT2D eigenvalue weighted by Gasteiger charge is -2.05. The first-order valence-electron chi connectivity index (χ1n) is 5.58. The number of aliphatic hydroxyl groups is 1. The SMILES string of the molecule is CCC(C)C(=O)NCO.CCC(C)C(N)=O. The van der Waals surface area contributed by atoms with Gasteiger partial charge in [-0.15, -0.1) is 0 Å². The van der Waals surface area contributed by atoms with Gasteiger partial charge in [0.1, 0.15) is 6.73 Å². The van der Waals surface area contributed by atoms with E-state index in [2.05, 4.69) is 5.32 Å². The number of carbonyl (C=O) groups is 2. The minimum Gasteiger partial charge on any atom is -0.377 e. The number of nitrogens with two attached hydrogens (primary N) is 1. The lowest BCUT2D eigenvalue weighted by molar-refractivity contribution is -0.125. The van der Waals surface area contributed by atoms with Gasteiger partial charge in [-0.1, -0.05) is 27.7 Å². The van der Waals surface area contributed by atoms with Crippen molar-refractivity contribution in [1.29, 1.82) is 0 Å². The summed E-state index contributed by atoms with van der Waals surface area (Å²) in [6, 6.07) is 0. The van der Waals surface area contributed by atoms with Crippen LogP contribution in [-0.4, -0.2) is 23.7 Å². The van der Waals surface area contributed by atoms with Gasteiger partial charge < -0.3 is 16.2 Å². The summed E-state index contributed by atoms with van der Waals surface area (Å²) >= 11 is 0. The second-order valence-electron chi connectivity index (χ2n) is 3.72. The summed E-state index contributed by atoms with van der Waals surface area (Å²) in [5.74, 6) is -0.236.